The van der Waals surface area contributed by atoms with Gasteiger partial charge in [0, 0.05) is 18.8 Å². The lowest BCUT2D eigenvalue weighted by Gasteiger charge is -2.29. The van der Waals surface area contributed by atoms with Gasteiger partial charge in [-0.1, -0.05) is 25.1 Å². The second-order valence-corrected chi connectivity index (χ2v) is 5.02. The molecule has 4 nitrogen and oxygen atoms in total. The molecule has 1 aromatic rings. The molecule has 0 fully saturated rings. The highest BCUT2D eigenvalue weighted by Crippen LogP contribution is 2.29. The van der Waals surface area contributed by atoms with E-state index in [1.807, 2.05) is 45.9 Å². The highest BCUT2D eigenvalue weighted by molar-refractivity contribution is 5.36. The lowest BCUT2D eigenvalue weighted by Crippen LogP contribution is -2.36. The van der Waals surface area contributed by atoms with Gasteiger partial charge in [0.25, 0.3) is 0 Å². The Hall–Kier alpha value is -1.10. The average Bonchev–Trinajstić information content (AvgIpc) is 2.45. The van der Waals surface area contributed by atoms with Crippen molar-refractivity contribution >= 4 is 0 Å². The van der Waals surface area contributed by atoms with Crippen LogP contribution in [0.1, 0.15) is 46.2 Å². The zero-order valence-electron chi connectivity index (χ0n) is 13.9. The van der Waals surface area contributed by atoms with E-state index in [4.69, 9.17) is 14.2 Å². The Morgan fingerprint density at radius 1 is 1.00 bits per heavy atom. The van der Waals surface area contributed by atoms with E-state index < -0.39 is 0 Å². The maximum Gasteiger partial charge on any atom is 0.176 e. The normalized spacial score (nSPS) is 12.9. The van der Waals surface area contributed by atoms with Gasteiger partial charge < -0.3 is 19.5 Å². The Balaban J connectivity index is 3.07. The van der Waals surface area contributed by atoms with Crippen molar-refractivity contribution in [1.82, 2.24) is 5.32 Å². The van der Waals surface area contributed by atoms with Crippen LogP contribution >= 0.6 is 0 Å². The zero-order chi connectivity index (χ0) is 15.7. The van der Waals surface area contributed by atoms with Gasteiger partial charge in [-0.3, -0.25) is 0 Å². The molecule has 0 spiro atoms. The number of hydrogen-bond donors (Lipinski definition) is 1. The molecule has 120 valence electrons. The molecule has 1 N–H and O–H groups in total. The van der Waals surface area contributed by atoms with Crippen LogP contribution in [0, 0.1) is 0 Å². The first-order chi connectivity index (χ1) is 10.1. The zero-order valence-corrected chi connectivity index (χ0v) is 13.9. The van der Waals surface area contributed by atoms with E-state index in [0.717, 1.165) is 17.9 Å². The summed E-state index contributed by atoms with van der Waals surface area (Å²) in [5.74, 6) is 0.878. The highest BCUT2D eigenvalue weighted by Gasteiger charge is 2.26. The van der Waals surface area contributed by atoms with Crippen LogP contribution < -0.4 is 10.1 Å². The van der Waals surface area contributed by atoms with Crippen molar-refractivity contribution in [3.63, 3.8) is 0 Å². The van der Waals surface area contributed by atoms with E-state index >= 15 is 0 Å². The van der Waals surface area contributed by atoms with Crippen LogP contribution in [0.15, 0.2) is 24.3 Å². The minimum Gasteiger partial charge on any atom is -0.491 e. The first kappa shape index (κ1) is 18.0. The third-order valence-corrected chi connectivity index (χ3v) is 2.97. The average molecular weight is 295 g/mol. The first-order valence-corrected chi connectivity index (χ1v) is 7.86. The van der Waals surface area contributed by atoms with Gasteiger partial charge in [0.2, 0.25) is 0 Å². The molecule has 4 heteroatoms. The quantitative estimate of drug-likeness (QED) is 0.670. The minimum absolute atomic E-state index is 0.0511. The van der Waals surface area contributed by atoms with E-state index in [9.17, 15) is 0 Å². The van der Waals surface area contributed by atoms with E-state index in [2.05, 4.69) is 18.3 Å². The molecule has 0 saturated heterocycles. The largest absolute Gasteiger partial charge is 0.491 e. The molecule has 0 aliphatic heterocycles. The Labute approximate surface area is 128 Å². The van der Waals surface area contributed by atoms with Gasteiger partial charge in [0.15, 0.2) is 6.29 Å². The van der Waals surface area contributed by atoms with Gasteiger partial charge in [-0.05, 0) is 40.3 Å². The maximum absolute atomic E-state index is 5.93. The summed E-state index contributed by atoms with van der Waals surface area (Å²) in [6, 6.07) is 8.01. The SMILES string of the molecule is CCNC(c1ccccc1OC(C)C)C(OCC)OCC. The molecule has 1 rings (SSSR count). The molecular formula is C17H29NO3. The molecule has 1 aromatic carbocycles. The topological polar surface area (TPSA) is 39.7 Å². The molecular weight excluding hydrogens is 266 g/mol. The molecule has 0 saturated carbocycles. The summed E-state index contributed by atoms with van der Waals surface area (Å²) in [7, 11) is 0. The number of ether oxygens (including phenoxy) is 3. The van der Waals surface area contributed by atoms with Crippen LogP contribution in [0.4, 0.5) is 0 Å². The summed E-state index contributed by atoms with van der Waals surface area (Å²) < 4.78 is 17.5. The molecule has 0 heterocycles. The minimum atomic E-state index is -0.322. The first-order valence-electron chi connectivity index (χ1n) is 7.86. The second kappa shape index (κ2) is 9.77. The van der Waals surface area contributed by atoms with Crippen LogP contribution in [0.5, 0.6) is 5.75 Å². The van der Waals surface area contributed by atoms with E-state index in [1.54, 1.807) is 0 Å². The van der Waals surface area contributed by atoms with E-state index in [-0.39, 0.29) is 18.4 Å². The van der Waals surface area contributed by atoms with Crippen molar-refractivity contribution < 1.29 is 14.2 Å². The molecule has 0 aliphatic rings. The molecule has 1 unspecified atom stereocenters. The number of para-hydroxylation sites is 1. The van der Waals surface area contributed by atoms with Crippen molar-refractivity contribution in [3.8, 4) is 5.75 Å². The van der Waals surface area contributed by atoms with Crippen molar-refractivity contribution in [2.45, 2.75) is 53.1 Å². The maximum atomic E-state index is 5.93. The summed E-state index contributed by atoms with van der Waals surface area (Å²) in [4.78, 5) is 0. The van der Waals surface area contributed by atoms with Crippen molar-refractivity contribution in [2.75, 3.05) is 19.8 Å². The Bertz CT molecular complexity index is 389. The fourth-order valence-electron chi connectivity index (χ4n) is 2.24. The number of nitrogens with one attached hydrogen (secondary N) is 1. The Kier molecular flexibility index (Phi) is 8.35. The van der Waals surface area contributed by atoms with Gasteiger partial charge in [-0.25, -0.2) is 0 Å². The number of likely N-dealkylation sites (N-methyl/N-ethyl adjacent to an activating group) is 1. The summed E-state index contributed by atoms with van der Waals surface area (Å²) in [5, 5.41) is 3.45. The van der Waals surface area contributed by atoms with Gasteiger partial charge in [-0.15, -0.1) is 0 Å². The van der Waals surface area contributed by atoms with Crippen molar-refractivity contribution in [2.24, 2.45) is 0 Å². The van der Waals surface area contributed by atoms with Gasteiger partial charge >= 0.3 is 0 Å². The summed E-state index contributed by atoms with van der Waals surface area (Å²) in [6.07, 6.45) is -0.192. The van der Waals surface area contributed by atoms with E-state index in [0.29, 0.717) is 13.2 Å². The van der Waals surface area contributed by atoms with Crippen LogP contribution in [0.2, 0.25) is 0 Å². The molecule has 0 aromatic heterocycles. The molecule has 0 radical (unpaired) electrons. The second-order valence-electron chi connectivity index (χ2n) is 5.02. The van der Waals surface area contributed by atoms with Gasteiger partial charge in [-0.2, -0.15) is 0 Å². The predicted octanol–water partition coefficient (Wildman–Crippen LogP) is 3.52. The smallest absolute Gasteiger partial charge is 0.176 e. The fourth-order valence-corrected chi connectivity index (χ4v) is 2.24. The summed E-state index contributed by atoms with van der Waals surface area (Å²) >= 11 is 0. The third kappa shape index (κ3) is 5.65. The molecule has 0 amide bonds. The van der Waals surface area contributed by atoms with Gasteiger partial charge in [0.05, 0.1) is 12.1 Å². The summed E-state index contributed by atoms with van der Waals surface area (Å²) in [5.41, 5.74) is 1.07. The lowest BCUT2D eigenvalue weighted by atomic mass is 10.0. The van der Waals surface area contributed by atoms with Crippen molar-refractivity contribution in [1.29, 1.82) is 0 Å². The monoisotopic (exact) mass is 295 g/mol. The molecule has 0 bridgehead atoms. The van der Waals surface area contributed by atoms with Crippen molar-refractivity contribution in [3.05, 3.63) is 29.8 Å². The molecule has 1 atom stereocenters. The Morgan fingerprint density at radius 3 is 2.14 bits per heavy atom. The summed E-state index contributed by atoms with van der Waals surface area (Å²) in [6.45, 7) is 12.1. The van der Waals surface area contributed by atoms with Crippen LogP contribution in [-0.4, -0.2) is 32.2 Å². The van der Waals surface area contributed by atoms with Crippen LogP contribution in [0.3, 0.4) is 0 Å². The number of rotatable bonds is 10. The van der Waals surface area contributed by atoms with Crippen LogP contribution in [-0.2, 0) is 9.47 Å². The number of benzene rings is 1. The Morgan fingerprint density at radius 2 is 1.62 bits per heavy atom. The fraction of sp³-hybridized carbons (Fsp3) is 0.647. The molecule has 21 heavy (non-hydrogen) atoms. The van der Waals surface area contributed by atoms with Gasteiger partial charge in [0.1, 0.15) is 5.75 Å². The number of hydrogen-bond acceptors (Lipinski definition) is 4. The highest BCUT2D eigenvalue weighted by atomic mass is 16.7. The molecule has 0 aliphatic carbocycles. The lowest BCUT2D eigenvalue weighted by molar-refractivity contribution is -0.155. The van der Waals surface area contributed by atoms with E-state index in [1.165, 1.54) is 0 Å². The third-order valence-electron chi connectivity index (χ3n) is 2.97. The standard InChI is InChI=1S/C17H29NO3/c1-6-18-16(17(19-7-2)20-8-3)14-11-9-10-12-15(14)21-13(4)5/h9-13,16-18H,6-8H2,1-5H3. The predicted molar refractivity (Wildman–Crippen MR) is 85.7 cm³/mol. The van der Waals surface area contributed by atoms with Crippen LogP contribution in [0.25, 0.3) is 0 Å².